The fourth-order valence-corrected chi connectivity index (χ4v) is 3.30. The van der Waals surface area contributed by atoms with Gasteiger partial charge in [-0.2, -0.15) is 0 Å². The molecule has 0 bridgehead atoms. The van der Waals surface area contributed by atoms with Crippen LogP contribution in [0.1, 0.15) is 63.0 Å². The van der Waals surface area contributed by atoms with Crippen LogP contribution < -0.4 is 10.2 Å². The standard InChI is InChI=1S/C20H30N2O2/c1-15-10-11-19(14-16(15)2)22(17(3)23)13-12-20(24)21-18-8-6-4-5-7-9-18/h10-11,14,18H,4-9,12-13H2,1-3H3,(H,21,24). The first-order chi connectivity index (χ1) is 11.5. The fourth-order valence-electron chi connectivity index (χ4n) is 3.30. The first kappa shape index (κ1) is 18.5. The van der Waals surface area contributed by atoms with E-state index in [2.05, 4.69) is 12.2 Å². The smallest absolute Gasteiger partial charge is 0.223 e. The van der Waals surface area contributed by atoms with E-state index < -0.39 is 0 Å². The van der Waals surface area contributed by atoms with Crippen molar-refractivity contribution in [2.75, 3.05) is 11.4 Å². The van der Waals surface area contributed by atoms with Gasteiger partial charge in [-0.1, -0.05) is 31.7 Å². The highest BCUT2D eigenvalue weighted by molar-refractivity contribution is 5.92. The number of anilines is 1. The van der Waals surface area contributed by atoms with Crippen LogP contribution in [-0.2, 0) is 9.59 Å². The summed E-state index contributed by atoms with van der Waals surface area (Å²) in [6, 6.07) is 6.30. The maximum absolute atomic E-state index is 12.3. The molecule has 0 aliphatic heterocycles. The van der Waals surface area contributed by atoms with Crippen LogP contribution in [0.3, 0.4) is 0 Å². The second-order valence-electron chi connectivity index (χ2n) is 6.95. The summed E-state index contributed by atoms with van der Waals surface area (Å²) in [5.74, 6) is 0.0255. The first-order valence-electron chi connectivity index (χ1n) is 9.12. The molecule has 4 nitrogen and oxygen atoms in total. The maximum Gasteiger partial charge on any atom is 0.223 e. The molecule has 0 heterocycles. The molecule has 1 N–H and O–H groups in total. The predicted molar refractivity (Wildman–Crippen MR) is 98.2 cm³/mol. The van der Waals surface area contributed by atoms with Gasteiger partial charge in [-0.05, 0) is 49.9 Å². The Morgan fingerprint density at radius 3 is 2.33 bits per heavy atom. The number of rotatable bonds is 5. The third-order valence-electron chi connectivity index (χ3n) is 4.97. The van der Waals surface area contributed by atoms with E-state index in [0.717, 1.165) is 24.1 Å². The van der Waals surface area contributed by atoms with Gasteiger partial charge in [0.2, 0.25) is 11.8 Å². The zero-order valence-electron chi connectivity index (χ0n) is 15.2. The van der Waals surface area contributed by atoms with Crippen LogP contribution in [0, 0.1) is 13.8 Å². The summed E-state index contributed by atoms with van der Waals surface area (Å²) >= 11 is 0. The molecule has 1 saturated carbocycles. The Balaban J connectivity index is 1.92. The third kappa shape index (κ3) is 5.36. The average molecular weight is 330 g/mol. The third-order valence-corrected chi connectivity index (χ3v) is 4.97. The summed E-state index contributed by atoms with van der Waals surface area (Å²) < 4.78 is 0. The summed E-state index contributed by atoms with van der Waals surface area (Å²) in [6.07, 6.45) is 7.47. The molecule has 1 aromatic rings. The Labute approximate surface area is 145 Å². The van der Waals surface area contributed by atoms with Crippen molar-refractivity contribution in [3.8, 4) is 0 Å². The van der Waals surface area contributed by atoms with E-state index >= 15 is 0 Å². The summed E-state index contributed by atoms with van der Waals surface area (Å²) in [6.45, 7) is 6.07. The van der Waals surface area contributed by atoms with Crippen LogP contribution in [0.2, 0.25) is 0 Å². The Morgan fingerprint density at radius 2 is 1.75 bits per heavy atom. The van der Waals surface area contributed by atoms with Crippen molar-refractivity contribution in [3.05, 3.63) is 29.3 Å². The summed E-state index contributed by atoms with van der Waals surface area (Å²) in [5.41, 5.74) is 3.22. The fraction of sp³-hybridized carbons (Fsp3) is 0.600. The molecule has 1 fully saturated rings. The largest absolute Gasteiger partial charge is 0.353 e. The number of benzene rings is 1. The number of hydrogen-bond acceptors (Lipinski definition) is 2. The number of hydrogen-bond donors (Lipinski definition) is 1. The van der Waals surface area contributed by atoms with Gasteiger partial charge in [0.1, 0.15) is 0 Å². The molecule has 0 atom stereocenters. The molecule has 2 rings (SSSR count). The molecule has 0 aromatic heterocycles. The Bertz CT molecular complexity index is 575. The molecule has 24 heavy (non-hydrogen) atoms. The van der Waals surface area contributed by atoms with E-state index in [-0.39, 0.29) is 11.8 Å². The number of amides is 2. The predicted octanol–water partition coefficient (Wildman–Crippen LogP) is 3.89. The van der Waals surface area contributed by atoms with Gasteiger partial charge in [-0.25, -0.2) is 0 Å². The molecule has 0 saturated heterocycles. The van der Waals surface area contributed by atoms with Crippen molar-refractivity contribution < 1.29 is 9.59 Å². The van der Waals surface area contributed by atoms with Crippen LogP contribution >= 0.6 is 0 Å². The molecular formula is C20H30N2O2. The lowest BCUT2D eigenvalue weighted by atomic mass is 10.1. The van der Waals surface area contributed by atoms with E-state index in [4.69, 9.17) is 0 Å². The second kappa shape index (κ2) is 8.86. The van der Waals surface area contributed by atoms with Crippen molar-refractivity contribution in [2.24, 2.45) is 0 Å². The number of nitrogens with one attached hydrogen (secondary N) is 1. The van der Waals surface area contributed by atoms with E-state index in [1.54, 1.807) is 11.8 Å². The highest BCUT2D eigenvalue weighted by Crippen LogP contribution is 2.20. The van der Waals surface area contributed by atoms with Crippen LogP contribution in [0.15, 0.2) is 18.2 Å². The lowest BCUT2D eigenvalue weighted by Gasteiger charge is -2.23. The molecule has 2 amide bonds. The second-order valence-corrected chi connectivity index (χ2v) is 6.95. The lowest BCUT2D eigenvalue weighted by molar-refractivity contribution is -0.121. The Hall–Kier alpha value is -1.84. The molecule has 1 aliphatic carbocycles. The summed E-state index contributed by atoms with van der Waals surface area (Å²) in [5, 5.41) is 3.15. The molecule has 0 radical (unpaired) electrons. The number of carbonyl (C=O) groups is 2. The molecule has 0 unspecified atom stereocenters. The number of nitrogens with zero attached hydrogens (tertiary/aromatic N) is 1. The molecule has 1 aromatic carbocycles. The lowest BCUT2D eigenvalue weighted by Crippen LogP contribution is -2.38. The highest BCUT2D eigenvalue weighted by atomic mass is 16.2. The minimum absolute atomic E-state index is 0.0273. The van der Waals surface area contributed by atoms with E-state index in [0.29, 0.717) is 19.0 Å². The van der Waals surface area contributed by atoms with Gasteiger partial charge in [0, 0.05) is 31.6 Å². The van der Waals surface area contributed by atoms with Gasteiger partial charge in [0.15, 0.2) is 0 Å². The topological polar surface area (TPSA) is 49.4 Å². The zero-order chi connectivity index (χ0) is 17.5. The minimum atomic E-state index is -0.0273. The van der Waals surface area contributed by atoms with Gasteiger partial charge in [-0.3, -0.25) is 9.59 Å². The van der Waals surface area contributed by atoms with Gasteiger partial charge in [0.25, 0.3) is 0 Å². The van der Waals surface area contributed by atoms with Crippen molar-refractivity contribution in [1.29, 1.82) is 0 Å². The maximum atomic E-state index is 12.3. The van der Waals surface area contributed by atoms with Gasteiger partial charge in [-0.15, -0.1) is 0 Å². The summed E-state index contributed by atoms with van der Waals surface area (Å²) in [4.78, 5) is 25.9. The van der Waals surface area contributed by atoms with E-state index in [1.807, 2.05) is 25.1 Å². The van der Waals surface area contributed by atoms with Crippen molar-refractivity contribution in [1.82, 2.24) is 5.32 Å². The van der Waals surface area contributed by atoms with Crippen LogP contribution in [0.5, 0.6) is 0 Å². The molecule has 132 valence electrons. The molecule has 1 aliphatic rings. The minimum Gasteiger partial charge on any atom is -0.353 e. The average Bonchev–Trinajstić information content (AvgIpc) is 2.79. The summed E-state index contributed by atoms with van der Waals surface area (Å²) in [7, 11) is 0. The number of aryl methyl sites for hydroxylation is 2. The van der Waals surface area contributed by atoms with Crippen molar-refractivity contribution in [3.63, 3.8) is 0 Å². The van der Waals surface area contributed by atoms with Crippen molar-refractivity contribution in [2.45, 2.75) is 71.8 Å². The quantitative estimate of drug-likeness (QED) is 0.833. The molecule has 4 heteroatoms. The Kier molecular flexibility index (Phi) is 6.83. The first-order valence-corrected chi connectivity index (χ1v) is 9.12. The molecule has 0 spiro atoms. The van der Waals surface area contributed by atoms with Gasteiger partial charge in [0.05, 0.1) is 0 Å². The van der Waals surface area contributed by atoms with Crippen LogP contribution in [0.25, 0.3) is 0 Å². The highest BCUT2D eigenvalue weighted by Gasteiger charge is 2.17. The zero-order valence-corrected chi connectivity index (χ0v) is 15.2. The van der Waals surface area contributed by atoms with Gasteiger partial charge < -0.3 is 10.2 Å². The van der Waals surface area contributed by atoms with Gasteiger partial charge >= 0.3 is 0 Å². The normalized spacial score (nSPS) is 15.6. The van der Waals surface area contributed by atoms with E-state index in [1.165, 1.54) is 31.2 Å². The number of carbonyl (C=O) groups excluding carboxylic acids is 2. The van der Waals surface area contributed by atoms with Crippen LogP contribution in [0.4, 0.5) is 5.69 Å². The monoisotopic (exact) mass is 330 g/mol. The Morgan fingerprint density at radius 1 is 1.08 bits per heavy atom. The van der Waals surface area contributed by atoms with Crippen LogP contribution in [-0.4, -0.2) is 24.4 Å². The van der Waals surface area contributed by atoms with Crippen molar-refractivity contribution >= 4 is 17.5 Å². The van der Waals surface area contributed by atoms with E-state index in [9.17, 15) is 9.59 Å². The SMILES string of the molecule is CC(=O)N(CCC(=O)NC1CCCCCC1)c1ccc(C)c(C)c1. The molecular weight excluding hydrogens is 300 g/mol.